The molecule has 4 heteroatoms. The zero-order valence-electron chi connectivity index (χ0n) is 16.3. The van der Waals surface area contributed by atoms with Crippen molar-refractivity contribution in [3.63, 3.8) is 0 Å². The van der Waals surface area contributed by atoms with Crippen molar-refractivity contribution < 1.29 is 9.53 Å². The summed E-state index contributed by atoms with van der Waals surface area (Å²) < 4.78 is 5.60. The van der Waals surface area contributed by atoms with Gasteiger partial charge in [-0.1, -0.05) is 68.3 Å². The SMILES string of the molecule is COc1ccccc1C1(CNC(=O)C(N)C(C)c2ccccc2)CCCC1. The van der Waals surface area contributed by atoms with Crippen molar-refractivity contribution in [2.75, 3.05) is 13.7 Å². The van der Waals surface area contributed by atoms with Crippen LogP contribution < -0.4 is 15.8 Å². The number of amides is 1. The Kier molecular flexibility index (Phi) is 6.17. The fourth-order valence-corrected chi connectivity index (χ4v) is 4.24. The maximum atomic E-state index is 12.8. The lowest BCUT2D eigenvalue weighted by Crippen LogP contribution is -2.48. The number of methoxy groups -OCH3 is 1. The number of para-hydroxylation sites is 1. The van der Waals surface area contributed by atoms with E-state index in [4.69, 9.17) is 10.5 Å². The van der Waals surface area contributed by atoms with E-state index >= 15 is 0 Å². The molecule has 1 saturated carbocycles. The highest BCUT2D eigenvalue weighted by Gasteiger charge is 2.38. The van der Waals surface area contributed by atoms with Gasteiger partial charge in [-0.05, 0) is 24.5 Å². The van der Waals surface area contributed by atoms with Crippen LogP contribution in [0.4, 0.5) is 0 Å². The van der Waals surface area contributed by atoms with Crippen LogP contribution in [0.25, 0.3) is 0 Å². The van der Waals surface area contributed by atoms with Crippen molar-refractivity contribution in [1.29, 1.82) is 0 Å². The lowest BCUT2D eigenvalue weighted by atomic mass is 9.78. The maximum Gasteiger partial charge on any atom is 0.237 e. The minimum Gasteiger partial charge on any atom is -0.496 e. The predicted molar refractivity (Wildman–Crippen MR) is 109 cm³/mol. The highest BCUT2D eigenvalue weighted by atomic mass is 16.5. The van der Waals surface area contributed by atoms with Crippen LogP contribution in [0.15, 0.2) is 54.6 Å². The van der Waals surface area contributed by atoms with E-state index in [2.05, 4.69) is 11.4 Å². The van der Waals surface area contributed by atoms with Crippen molar-refractivity contribution in [2.24, 2.45) is 5.73 Å². The summed E-state index contributed by atoms with van der Waals surface area (Å²) in [6.07, 6.45) is 4.44. The first-order valence-corrected chi connectivity index (χ1v) is 9.79. The lowest BCUT2D eigenvalue weighted by Gasteiger charge is -2.32. The Hall–Kier alpha value is -2.33. The van der Waals surface area contributed by atoms with Gasteiger partial charge in [-0.3, -0.25) is 4.79 Å². The molecule has 0 heterocycles. The minimum atomic E-state index is -0.566. The highest BCUT2D eigenvalue weighted by Crippen LogP contribution is 2.44. The molecule has 2 aromatic carbocycles. The molecule has 2 aromatic rings. The maximum absolute atomic E-state index is 12.8. The molecule has 3 N–H and O–H groups in total. The third kappa shape index (κ3) is 4.16. The van der Waals surface area contributed by atoms with Crippen molar-refractivity contribution in [2.45, 2.75) is 50.0 Å². The average Bonchev–Trinajstić information content (AvgIpc) is 3.21. The van der Waals surface area contributed by atoms with Crippen molar-refractivity contribution in [3.05, 3.63) is 65.7 Å². The highest BCUT2D eigenvalue weighted by molar-refractivity contribution is 5.82. The second kappa shape index (κ2) is 8.57. The normalized spacial score (nSPS) is 17.9. The molecule has 1 amide bonds. The molecule has 1 aliphatic carbocycles. The van der Waals surface area contributed by atoms with Gasteiger partial charge in [0, 0.05) is 23.4 Å². The smallest absolute Gasteiger partial charge is 0.237 e. The third-order valence-electron chi connectivity index (χ3n) is 6.01. The van der Waals surface area contributed by atoms with Gasteiger partial charge in [-0.25, -0.2) is 0 Å². The van der Waals surface area contributed by atoms with Gasteiger partial charge in [0.1, 0.15) is 5.75 Å². The standard InChI is InChI=1S/C23H30N2O2/c1-17(18-10-4-3-5-11-18)21(24)22(26)25-16-23(14-8-9-15-23)19-12-6-7-13-20(19)27-2/h3-7,10-13,17,21H,8-9,14-16,24H2,1-2H3,(H,25,26). The second-order valence-electron chi connectivity index (χ2n) is 7.63. The van der Waals surface area contributed by atoms with E-state index in [-0.39, 0.29) is 17.2 Å². The molecule has 27 heavy (non-hydrogen) atoms. The summed E-state index contributed by atoms with van der Waals surface area (Å²) in [5.41, 5.74) is 8.48. The van der Waals surface area contributed by atoms with Gasteiger partial charge in [-0.2, -0.15) is 0 Å². The van der Waals surface area contributed by atoms with Crippen molar-refractivity contribution in [3.8, 4) is 5.75 Å². The number of ether oxygens (including phenoxy) is 1. The number of benzene rings is 2. The summed E-state index contributed by atoms with van der Waals surface area (Å²) in [4.78, 5) is 12.8. The van der Waals surface area contributed by atoms with E-state index in [1.54, 1.807) is 7.11 Å². The first-order chi connectivity index (χ1) is 13.1. The van der Waals surface area contributed by atoms with Gasteiger partial charge in [-0.15, -0.1) is 0 Å². The minimum absolute atomic E-state index is 0.0306. The molecule has 1 aliphatic rings. The Balaban J connectivity index is 1.72. The fourth-order valence-electron chi connectivity index (χ4n) is 4.24. The zero-order valence-corrected chi connectivity index (χ0v) is 16.3. The topological polar surface area (TPSA) is 64.3 Å². The summed E-state index contributed by atoms with van der Waals surface area (Å²) in [5.74, 6) is 0.778. The van der Waals surface area contributed by atoms with Gasteiger partial charge in [0.25, 0.3) is 0 Å². The van der Waals surface area contributed by atoms with Crippen LogP contribution in [-0.2, 0) is 10.2 Å². The molecular formula is C23H30N2O2. The van der Waals surface area contributed by atoms with Crippen LogP contribution in [0.2, 0.25) is 0 Å². The molecular weight excluding hydrogens is 336 g/mol. The molecule has 0 saturated heterocycles. The van der Waals surface area contributed by atoms with Crippen LogP contribution in [0.5, 0.6) is 5.75 Å². The number of nitrogens with two attached hydrogens (primary N) is 1. The zero-order chi connectivity index (χ0) is 19.3. The quantitative estimate of drug-likeness (QED) is 0.784. The van der Waals surface area contributed by atoms with E-state index in [0.717, 1.165) is 24.2 Å². The molecule has 0 radical (unpaired) electrons. The van der Waals surface area contributed by atoms with Crippen LogP contribution in [0.1, 0.15) is 49.7 Å². The van der Waals surface area contributed by atoms with Gasteiger partial charge >= 0.3 is 0 Å². The molecule has 0 aromatic heterocycles. The third-order valence-corrected chi connectivity index (χ3v) is 6.01. The molecule has 144 valence electrons. The summed E-state index contributed by atoms with van der Waals surface area (Å²) in [6.45, 7) is 2.60. The number of carbonyl (C=O) groups is 1. The van der Waals surface area contributed by atoms with Crippen molar-refractivity contribution in [1.82, 2.24) is 5.32 Å². The number of hydrogen-bond donors (Lipinski definition) is 2. The Bertz CT molecular complexity index is 754. The number of carbonyl (C=O) groups excluding carboxylic acids is 1. The van der Waals surface area contributed by atoms with E-state index in [9.17, 15) is 4.79 Å². The molecule has 2 atom stereocenters. The van der Waals surface area contributed by atoms with E-state index in [1.165, 1.54) is 18.4 Å². The first kappa shape index (κ1) is 19.4. The molecule has 3 rings (SSSR count). The molecule has 2 unspecified atom stereocenters. The summed E-state index contributed by atoms with van der Waals surface area (Å²) >= 11 is 0. The summed E-state index contributed by atoms with van der Waals surface area (Å²) in [5, 5.41) is 3.15. The van der Waals surface area contributed by atoms with Crippen LogP contribution in [0.3, 0.4) is 0 Å². The Labute approximate surface area is 162 Å². The number of rotatable bonds is 7. The number of nitrogens with one attached hydrogen (secondary N) is 1. The average molecular weight is 367 g/mol. The van der Waals surface area contributed by atoms with Crippen molar-refractivity contribution >= 4 is 5.91 Å². The van der Waals surface area contributed by atoms with Crippen LogP contribution in [0, 0.1) is 0 Å². The number of hydrogen-bond acceptors (Lipinski definition) is 3. The molecule has 1 fully saturated rings. The molecule has 0 bridgehead atoms. The largest absolute Gasteiger partial charge is 0.496 e. The monoisotopic (exact) mass is 366 g/mol. The Morgan fingerprint density at radius 1 is 1.11 bits per heavy atom. The van der Waals surface area contributed by atoms with E-state index in [1.807, 2.05) is 55.5 Å². The van der Waals surface area contributed by atoms with E-state index < -0.39 is 6.04 Å². The van der Waals surface area contributed by atoms with Crippen LogP contribution in [-0.4, -0.2) is 25.6 Å². The van der Waals surface area contributed by atoms with Crippen LogP contribution >= 0.6 is 0 Å². The lowest BCUT2D eigenvalue weighted by molar-refractivity contribution is -0.123. The summed E-state index contributed by atoms with van der Waals surface area (Å²) in [7, 11) is 1.71. The molecule has 0 spiro atoms. The predicted octanol–water partition coefficient (Wildman–Crippen LogP) is 3.75. The van der Waals surface area contributed by atoms with E-state index in [0.29, 0.717) is 6.54 Å². The van der Waals surface area contributed by atoms with Gasteiger partial charge < -0.3 is 15.8 Å². The van der Waals surface area contributed by atoms with Gasteiger partial charge in [0.05, 0.1) is 13.2 Å². The summed E-state index contributed by atoms with van der Waals surface area (Å²) in [6, 6.07) is 17.6. The first-order valence-electron chi connectivity index (χ1n) is 9.79. The Morgan fingerprint density at radius 2 is 1.74 bits per heavy atom. The van der Waals surface area contributed by atoms with Gasteiger partial charge in [0.2, 0.25) is 5.91 Å². The Morgan fingerprint density at radius 3 is 2.41 bits per heavy atom. The second-order valence-corrected chi connectivity index (χ2v) is 7.63. The van der Waals surface area contributed by atoms with Gasteiger partial charge in [0.15, 0.2) is 0 Å². The molecule has 4 nitrogen and oxygen atoms in total. The molecule has 0 aliphatic heterocycles. The fraction of sp³-hybridized carbons (Fsp3) is 0.435.